The highest BCUT2D eigenvalue weighted by atomic mass is 32.2. The van der Waals surface area contributed by atoms with Gasteiger partial charge in [-0.1, -0.05) is 6.07 Å². The molecule has 94 valence electrons. The fourth-order valence-corrected chi connectivity index (χ4v) is 2.56. The summed E-state index contributed by atoms with van der Waals surface area (Å²) >= 11 is 0. The van der Waals surface area contributed by atoms with Gasteiger partial charge in [0.1, 0.15) is 0 Å². The highest BCUT2D eigenvalue weighted by Gasteiger charge is 2.19. The number of methoxy groups -OCH3 is 1. The molecule has 1 N–H and O–H groups in total. The highest BCUT2D eigenvalue weighted by molar-refractivity contribution is 7.90. The summed E-state index contributed by atoms with van der Waals surface area (Å²) in [5.74, 6) is -1.14. The molecular weight excluding hydrogens is 244 g/mol. The third kappa shape index (κ3) is 3.28. The number of carboxylic acid groups (broad SMARTS) is 1. The van der Waals surface area contributed by atoms with Crippen molar-refractivity contribution in [3.8, 4) is 0 Å². The van der Waals surface area contributed by atoms with Crippen molar-refractivity contribution in [3.63, 3.8) is 0 Å². The second-order valence-corrected chi connectivity index (χ2v) is 5.59. The monoisotopic (exact) mass is 258 g/mol. The van der Waals surface area contributed by atoms with E-state index in [-0.39, 0.29) is 23.5 Å². The number of carbonyl (C=O) groups is 1. The molecule has 1 aromatic carbocycles. The summed E-state index contributed by atoms with van der Waals surface area (Å²) in [6.45, 7) is 0.271. The fourth-order valence-electron chi connectivity index (χ4n) is 1.58. The van der Waals surface area contributed by atoms with E-state index in [4.69, 9.17) is 9.84 Å². The van der Waals surface area contributed by atoms with Gasteiger partial charge in [0, 0.05) is 13.4 Å². The largest absolute Gasteiger partial charge is 0.478 e. The molecule has 0 amide bonds. The van der Waals surface area contributed by atoms with Gasteiger partial charge in [0.2, 0.25) is 0 Å². The zero-order valence-electron chi connectivity index (χ0n) is 9.63. The van der Waals surface area contributed by atoms with E-state index in [9.17, 15) is 13.2 Å². The Kier molecular flexibility index (Phi) is 4.25. The van der Waals surface area contributed by atoms with Crippen LogP contribution in [0.15, 0.2) is 23.1 Å². The first-order chi connectivity index (χ1) is 7.88. The van der Waals surface area contributed by atoms with Crippen molar-refractivity contribution < 1.29 is 23.1 Å². The molecule has 0 heterocycles. The molecule has 0 aromatic heterocycles. The van der Waals surface area contributed by atoms with Gasteiger partial charge < -0.3 is 9.84 Å². The summed E-state index contributed by atoms with van der Waals surface area (Å²) in [6.07, 6.45) is 1.31. The minimum atomic E-state index is -3.44. The van der Waals surface area contributed by atoms with E-state index in [1.54, 1.807) is 0 Å². The Morgan fingerprint density at radius 1 is 1.41 bits per heavy atom. The number of rotatable bonds is 5. The summed E-state index contributed by atoms with van der Waals surface area (Å²) in [6, 6.07) is 4.23. The molecule has 0 aliphatic rings. The Morgan fingerprint density at radius 2 is 2.06 bits per heavy atom. The number of ether oxygens (including phenoxy) is 1. The first-order valence-corrected chi connectivity index (χ1v) is 6.81. The van der Waals surface area contributed by atoms with Crippen molar-refractivity contribution in [3.05, 3.63) is 29.3 Å². The normalized spacial score (nSPS) is 11.4. The van der Waals surface area contributed by atoms with Gasteiger partial charge in [-0.15, -0.1) is 0 Å². The minimum absolute atomic E-state index is 0.00461. The number of hydrogen-bond donors (Lipinski definition) is 1. The molecular formula is C11H14O5S. The van der Waals surface area contributed by atoms with Gasteiger partial charge in [-0.05, 0) is 24.1 Å². The van der Waals surface area contributed by atoms with Crippen molar-refractivity contribution in [1.82, 2.24) is 0 Å². The van der Waals surface area contributed by atoms with Crippen LogP contribution in [0.2, 0.25) is 0 Å². The van der Waals surface area contributed by atoms with E-state index in [0.29, 0.717) is 5.56 Å². The third-order valence-corrected chi connectivity index (χ3v) is 3.50. The van der Waals surface area contributed by atoms with Gasteiger partial charge in [-0.2, -0.15) is 0 Å². The molecule has 0 fully saturated rings. The van der Waals surface area contributed by atoms with Crippen molar-refractivity contribution in [2.24, 2.45) is 0 Å². The molecule has 0 saturated heterocycles. The topological polar surface area (TPSA) is 80.7 Å². The Hall–Kier alpha value is -1.40. The zero-order valence-corrected chi connectivity index (χ0v) is 10.5. The SMILES string of the molecule is COCCc1c(C(=O)O)cccc1S(C)(=O)=O. The molecule has 5 nitrogen and oxygen atoms in total. The van der Waals surface area contributed by atoms with E-state index in [1.807, 2.05) is 0 Å². The average Bonchev–Trinajstić information content (AvgIpc) is 2.24. The van der Waals surface area contributed by atoms with Crippen LogP contribution in [-0.2, 0) is 21.0 Å². The average molecular weight is 258 g/mol. The minimum Gasteiger partial charge on any atom is -0.478 e. The summed E-state index contributed by atoms with van der Waals surface area (Å²) < 4.78 is 28.0. The lowest BCUT2D eigenvalue weighted by molar-refractivity contribution is 0.0695. The van der Waals surface area contributed by atoms with E-state index in [0.717, 1.165) is 6.26 Å². The maximum absolute atomic E-state index is 11.6. The Labute approximate surface area is 100.0 Å². The maximum atomic E-state index is 11.6. The van der Waals surface area contributed by atoms with Crippen LogP contribution in [0, 0.1) is 0 Å². The smallest absolute Gasteiger partial charge is 0.336 e. The number of benzene rings is 1. The molecule has 0 unspecified atom stereocenters. The van der Waals surface area contributed by atoms with E-state index >= 15 is 0 Å². The second-order valence-electron chi connectivity index (χ2n) is 3.60. The Bertz CT molecular complexity index is 519. The first-order valence-electron chi connectivity index (χ1n) is 4.92. The number of hydrogen-bond acceptors (Lipinski definition) is 4. The van der Waals surface area contributed by atoms with Gasteiger partial charge in [0.25, 0.3) is 0 Å². The van der Waals surface area contributed by atoms with Crippen molar-refractivity contribution in [2.75, 3.05) is 20.0 Å². The highest BCUT2D eigenvalue weighted by Crippen LogP contribution is 2.20. The molecule has 0 radical (unpaired) electrons. The Morgan fingerprint density at radius 3 is 2.53 bits per heavy atom. The van der Waals surface area contributed by atoms with Crippen LogP contribution in [0.25, 0.3) is 0 Å². The summed E-state index contributed by atoms with van der Waals surface area (Å²) in [5.41, 5.74) is 0.300. The van der Waals surface area contributed by atoms with Gasteiger partial charge in [0.05, 0.1) is 17.1 Å². The lowest BCUT2D eigenvalue weighted by atomic mass is 10.1. The Balaban J connectivity index is 3.40. The van der Waals surface area contributed by atoms with Crippen molar-refractivity contribution in [1.29, 1.82) is 0 Å². The van der Waals surface area contributed by atoms with Crippen LogP contribution < -0.4 is 0 Å². The standard InChI is InChI=1S/C11H14O5S/c1-16-7-6-8-9(11(12)13)4-3-5-10(8)17(2,14)15/h3-5H,6-7H2,1-2H3,(H,12,13). The van der Waals surface area contributed by atoms with Crippen molar-refractivity contribution in [2.45, 2.75) is 11.3 Å². The molecule has 0 aliphatic heterocycles. The van der Waals surface area contributed by atoms with Crippen LogP contribution in [0.1, 0.15) is 15.9 Å². The summed E-state index contributed by atoms with van der Waals surface area (Å²) in [4.78, 5) is 11.1. The molecule has 1 aromatic rings. The first kappa shape index (κ1) is 13.7. The molecule has 0 aliphatic carbocycles. The quantitative estimate of drug-likeness (QED) is 0.851. The maximum Gasteiger partial charge on any atom is 0.336 e. The van der Waals surface area contributed by atoms with Gasteiger partial charge in [-0.25, -0.2) is 13.2 Å². The second kappa shape index (κ2) is 5.29. The lowest BCUT2D eigenvalue weighted by Crippen LogP contribution is -2.11. The van der Waals surface area contributed by atoms with Crippen LogP contribution >= 0.6 is 0 Å². The van der Waals surface area contributed by atoms with Gasteiger partial charge in [0.15, 0.2) is 9.84 Å². The van der Waals surface area contributed by atoms with Crippen molar-refractivity contribution >= 4 is 15.8 Å². The molecule has 0 spiro atoms. The van der Waals surface area contributed by atoms with Gasteiger partial charge in [-0.3, -0.25) is 0 Å². The molecule has 0 atom stereocenters. The van der Waals surface area contributed by atoms with Crippen LogP contribution in [-0.4, -0.2) is 39.5 Å². The fraction of sp³-hybridized carbons (Fsp3) is 0.364. The summed E-state index contributed by atoms with van der Waals surface area (Å²) in [5, 5.41) is 9.02. The lowest BCUT2D eigenvalue weighted by Gasteiger charge is -2.10. The molecule has 17 heavy (non-hydrogen) atoms. The molecule has 0 bridgehead atoms. The number of aromatic carboxylic acids is 1. The van der Waals surface area contributed by atoms with Gasteiger partial charge >= 0.3 is 5.97 Å². The van der Waals surface area contributed by atoms with Crippen LogP contribution in [0.5, 0.6) is 0 Å². The van der Waals surface area contributed by atoms with Crippen LogP contribution in [0.4, 0.5) is 0 Å². The number of carboxylic acids is 1. The summed E-state index contributed by atoms with van der Waals surface area (Å²) in [7, 11) is -1.96. The van der Waals surface area contributed by atoms with E-state index in [1.165, 1.54) is 25.3 Å². The molecule has 0 saturated carbocycles. The zero-order chi connectivity index (χ0) is 13.1. The predicted octanol–water partition coefficient (Wildman–Crippen LogP) is 0.977. The number of sulfone groups is 1. The van der Waals surface area contributed by atoms with Crippen LogP contribution in [0.3, 0.4) is 0 Å². The van der Waals surface area contributed by atoms with E-state index in [2.05, 4.69) is 0 Å². The molecule has 6 heteroatoms. The van der Waals surface area contributed by atoms with E-state index < -0.39 is 15.8 Å². The predicted molar refractivity (Wildman–Crippen MR) is 62.1 cm³/mol. The molecule has 1 rings (SSSR count). The third-order valence-electron chi connectivity index (χ3n) is 2.32.